The summed E-state index contributed by atoms with van der Waals surface area (Å²) in [5, 5.41) is 7.38. The monoisotopic (exact) mass is 345 g/mol. The molecule has 0 atom stereocenters. The molecule has 2 aromatic rings. The van der Waals surface area contributed by atoms with Crippen LogP contribution in [0.25, 0.3) is 0 Å². The Morgan fingerprint density at radius 1 is 1.12 bits per heavy atom. The van der Waals surface area contributed by atoms with E-state index in [4.69, 9.17) is 0 Å². The van der Waals surface area contributed by atoms with Gasteiger partial charge in [0.25, 0.3) is 5.91 Å². The Kier molecular flexibility index (Phi) is 5.14. The lowest BCUT2D eigenvalue weighted by molar-refractivity contribution is -0.123. The maximum absolute atomic E-state index is 12.3. The van der Waals surface area contributed by atoms with Crippen LogP contribution < -0.4 is 10.6 Å². The Morgan fingerprint density at radius 2 is 1.83 bits per heavy atom. The van der Waals surface area contributed by atoms with Crippen LogP contribution in [0.1, 0.15) is 48.5 Å². The molecule has 0 saturated heterocycles. The topological polar surface area (TPSA) is 88.2 Å². The van der Waals surface area contributed by atoms with Crippen molar-refractivity contribution >= 4 is 39.8 Å². The molecule has 0 aliphatic heterocycles. The van der Waals surface area contributed by atoms with Crippen LogP contribution in [0.3, 0.4) is 0 Å². The summed E-state index contributed by atoms with van der Waals surface area (Å²) in [4.78, 5) is 39.6. The summed E-state index contributed by atoms with van der Waals surface area (Å²) in [6.07, 6.45) is 0. The number of benzene rings is 1. The number of Topliss-reactive ketones (excluding diaryl/α,β-unsaturated/α-hetero) is 1. The van der Waals surface area contributed by atoms with Crippen LogP contribution >= 0.6 is 11.3 Å². The molecule has 1 aromatic carbocycles. The molecule has 1 aromatic heterocycles. The summed E-state index contributed by atoms with van der Waals surface area (Å²) < 4.78 is 0. The van der Waals surface area contributed by atoms with E-state index in [1.165, 1.54) is 18.3 Å². The molecule has 0 bridgehead atoms. The standard InChI is InChI=1S/C17H19N3O3S/c1-10(21)13-9-24-16(19-13)20-14(22)11-6-5-7-12(8-11)18-15(23)17(2,3)4/h5-9H,1-4H3,(H,18,23)(H,19,20,22). The second-order valence-electron chi connectivity index (χ2n) is 6.33. The Morgan fingerprint density at radius 3 is 2.42 bits per heavy atom. The SMILES string of the molecule is CC(=O)c1csc(NC(=O)c2cccc(NC(=O)C(C)(C)C)c2)n1. The third-order valence-corrected chi connectivity index (χ3v) is 3.91. The van der Waals surface area contributed by atoms with Crippen molar-refractivity contribution in [2.45, 2.75) is 27.7 Å². The first-order chi connectivity index (χ1) is 11.2. The average molecular weight is 345 g/mol. The number of ketones is 1. The second-order valence-corrected chi connectivity index (χ2v) is 7.19. The van der Waals surface area contributed by atoms with Crippen molar-refractivity contribution in [3.05, 3.63) is 40.9 Å². The van der Waals surface area contributed by atoms with E-state index in [0.717, 1.165) is 0 Å². The number of carbonyl (C=O) groups excluding carboxylic acids is 3. The predicted octanol–water partition coefficient (Wildman–Crippen LogP) is 3.58. The highest BCUT2D eigenvalue weighted by Crippen LogP contribution is 2.20. The highest BCUT2D eigenvalue weighted by molar-refractivity contribution is 7.14. The number of nitrogens with one attached hydrogen (secondary N) is 2. The molecule has 0 saturated carbocycles. The van der Waals surface area contributed by atoms with E-state index in [9.17, 15) is 14.4 Å². The fraction of sp³-hybridized carbons (Fsp3) is 0.294. The zero-order valence-corrected chi connectivity index (χ0v) is 14.8. The van der Waals surface area contributed by atoms with Crippen LogP contribution in [0, 0.1) is 5.41 Å². The predicted molar refractivity (Wildman–Crippen MR) is 94.6 cm³/mol. The maximum atomic E-state index is 12.3. The molecule has 24 heavy (non-hydrogen) atoms. The smallest absolute Gasteiger partial charge is 0.257 e. The van der Waals surface area contributed by atoms with Gasteiger partial charge in [-0.2, -0.15) is 0 Å². The van der Waals surface area contributed by atoms with Crippen molar-refractivity contribution in [2.75, 3.05) is 10.6 Å². The molecular formula is C17H19N3O3S. The number of amides is 2. The molecule has 2 N–H and O–H groups in total. The minimum absolute atomic E-state index is 0.133. The molecule has 0 unspecified atom stereocenters. The minimum atomic E-state index is -0.526. The molecule has 0 aliphatic carbocycles. The first-order valence-corrected chi connectivity index (χ1v) is 8.24. The van der Waals surface area contributed by atoms with Crippen LogP contribution in [0.15, 0.2) is 29.6 Å². The van der Waals surface area contributed by atoms with Gasteiger partial charge in [-0.1, -0.05) is 26.8 Å². The molecule has 2 amide bonds. The van der Waals surface area contributed by atoms with Gasteiger partial charge in [0.05, 0.1) is 0 Å². The van der Waals surface area contributed by atoms with E-state index in [2.05, 4.69) is 15.6 Å². The third-order valence-electron chi connectivity index (χ3n) is 3.15. The molecule has 0 aliphatic rings. The largest absolute Gasteiger partial charge is 0.326 e. The van der Waals surface area contributed by atoms with Crippen molar-refractivity contribution in [1.82, 2.24) is 4.98 Å². The second kappa shape index (κ2) is 6.92. The van der Waals surface area contributed by atoms with Gasteiger partial charge in [0.15, 0.2) is 10.9 Å². The number of hydrogen-bond acceptors (Lipinski definition) is 5. The Hall–Kier alpha value is -2.54. The van der Waals surface area contributed by atoms with E-state index in [1.54, 1.807) is 29.6 Å². The van der Waals surface area contributed by atoms with Gasteiger partial charge in [-0.3, -0.25) is 19.7 Å². The van der Waals surface area contributed by atoms with Crippen LogP contribution in [0.5, 0.6) is 0 Å². The van der Waals surface area contributed by atoms with Crippen molar-refractivity contribution in [3.63, 3.8) is 0 Å². The van der Waals surface area contributed by atoms with Crippen molar-refractivity contribution in [1.29, 1.82) is 0 Å². The van der Waals surface area contributed by atoms with E-state index >= 15 is 0 Å². The van der Waals surface area contributed by atoms with Gasteiger partial charge in [-0.15, -0.1) is 11.3 Å². The fourth-order valence-electron chi connectivity index (χ4n) is 1.72. The van der Waals surface area contributed by atoms with Gasteiger partial charge in [0.2, 0.25) is 5.91 Å². The van der Waals surface area contributed by atoms with E-state index in [1.807, 2.05) is 20.8 Å². The van der Waals surface area contributed by atoms with Crippen LogP contribution in [0.4, 0.5) is 10.8 Å². The fourth-order valence-corrected chi connectivity index (χ4v) is 2.46. The highest BCUT2D eigenvalue weighted by Gasteiger charge is 2.21. The molecule has 2 rings (SSSR count). The third kappa shape index (κ3) is 4.48. The van der Waals surface area contributed by atoms with Crippen molar-refractivity contribution in [2.24, 2.45) is 5.41 Å². The van der Waals surface area contributed by atoms with Crippen LogP contribution in [0.2, 0.25) is 0 Å². The normalized spacial score (nSPS) is 11.0. The first kappa shape index (κ1) is 17.8. The zero-order valence-electron chi connectivity index (χ0n) is 14.0. The number of carbonyl (C=O) groups is 3. The Labute approximate surface area is 144 Å². The molecule has 7 heteroatoms. The molecular weight excluding hydrogens is 326 g/mol. The number of thiazole rings is 1. The van der Waals surface area contributed by atoms with E-state index < -0.39 is 5.41 Å². The summed E-state index contributed by atoms with van der Waals surface area (Å²) in [6.45, 7) is 6.86. The number of anilines is 2. The van der Waals surface area contributed by atoms with Crippen LogP contribution in [-0.2, 0) is 4.79 Å². The minimum Gasteiger partial charge on any atom is -0.326 e. The average Bonchev–Trinajstić information content (AvgIpc) is 2.95. The number of nitrogens with zero attached hydrogens (tertiary/aromatic N) is 1. The van der Waals surface area contributed by atoms with Gasteiger partial charge in [0, 0.05) is 29.0 Å². The van der Waals surface area contributed by atoms with Crippen LogP contribution in [-0.4, -0.2) is 22.6 Å². The number of hydrogen-bond donors (Lipinski definition) is 2. The molecule has 6 nitrogen and oxygen atoms in total. The molecule has 0 radical (unpaired) electrons. The Bertz CT molecular complexity index is 790. The van der Waals surface area contributed by atoms with Crippen molar-refractivity contribution < 1.29 is 14.4 Å². The molecule has 1 heterocycles. The highest BCUT2D eigenvalue weighted by atomic mass is 32.1. The van der Waals surface area contributed by atoms with Crippen molar-refractivity contribution in [3.8, 4) is 0 Å². The molecule has 126 valence electrons. The first-order valence-electron chi connectivity index (χ1n) is 7.36. The summed E-state index contributed by atoms with van der Waals surface area (Å²) in [5.74, 6) is -0.643. The number of rotatable bonds is 4. The molecule has 0 fully saturated rings. The maximum Gasteiger partial charge on any atom is 0.257 e. The lowest BCUT2D eigenvalue weighted by Gasteiger charge is -2.17. The summed E-state index contributed by atoms with van der Waals surface area (Å²) >= 11 is 1.19. The summed E-state index contributed by atoms with van der Waals surface area (Å²) in [5.41, 5.74) is 0.733. The lowest BCUT2D eigenvalue weighted by atomic mass is 9.95. The number of aromatic nitrogens is 1. The van der Waals surface area contributed by atoms with E-state index in [-0.39, 0.29) is 17.6 Å². The lowest BCUT2D eigenvalue weighted by Crippen LogP contribution is -2.27. The van der Waals surface area contributed by atoms with Gasteiger partial charge >= 0.3 is 0 Å². The molecule has 0 spiro atoms. The van der Waals surface area contributed by atoms with Gasteiger partial charge in [0.1, 0.15) is 5.69 Å². The van der Waals surface area contributed by atoms with E-state index in [0.29, 0.717) is 22.1 Å². The van der Waals surface area contributed by atoms with Gasteiger partial charge in [-0.25, -0.2) is 4.98 Å². The quantitative estimate of drug-likeness (QED) is 0.829. The Balaban J connectivity index is 2.11. The van der Waals surface area contributed by atoms with Gasteiger partial charge in [-0.05, 0) is 18.2 Å². The summed E-state index contributed by atoms with van der Waals surface area (Å²) in [7, 11) is 0. The zero-order chi connectivity index (χ0) is 17.9. The summed E-state index contributed by atoms with van der Waals surface area (Å²) in [6, 6.07) is 6.65. The van der Waals surface area contributed by atoms with Gasteiger partial charge < -0.3 is 5.32 Å².